The van der Waals surface area contributed by atoms with Crippen LogP contribution in [0.25, 0.3) is 0 Å². The van der Waals surface area contributed by atoms with E-state index in [0.717, 1.165) is 23.2 Å². The van der Waals surface area contributed by atoms with Crippen molar-refractivity contribution in [2.24, 2.45) is 10.9 Å². The van der Waals surface area contributed by atoms with Gasteiger partial charge in [0.2, 0.25) is 0 Å². The van der Waals surface area contributed by atoms with E-state index in [2.05, 4.69) is 75.6 Å². The molecule has 0 amide bonds. The number of ether oxygens (including phenoxy) is 1. The van der Waals surface area contributed by atoms with Gasteiger partial charge in [-0.3, -0.25) is 4.99 Å². The Kier molecular flexibility index (Phi) is 8.16. The molecule has 3 atom stereocenters. The molecule has 0 saturated heterocycles. The van der Waals surface area contributed by atoms with Gasteiger partial charge < -0.3 is 14.2 Å². The molecule has 0 spiro atoms. The molecule has 6 nitrogen and oxygen atoms in total. The standard InChI is InChI=1S/C35H33BrN2O4S/c1-4-41-33-20-24(19-31(36)35(33)42-43(39,40)27-15-8-22(2)9-16-27)21-37-26-13-11-25(12-14-26)34-29-7-5-6-28(29)30-18-23(3)10-17-32(30)38-34/h5-6,8-21,28-29,34,38H,4,7H2,1-3H3/t28-,29-,34+/m1/s1. The molecular formula is C35H33BrN2O4S. The number of benzene rings is 4. The second kappa shape index (κ2) is 12.0. The molecule has 1 aliphatic carbocycles. The molecule has 0 aromatic heterocycles. The summed E-state index contributed by atoms with van der Waals surface area (Å²) in [6, 6.07) is 25.2. The van der Waals surface area contributed by atoms with Gasteiger partial charge in [-0.2, -0.15) is 8.42 Å². The molecule has 0 radical (unpaired) electrons. The average molecular weight is 658 g/mol. The van der Waals surface area contributed by atoms with E-state index in [1.54, 1.807) is 30.5 Å². The lowest BCUT2D eigenvalue weighted by molar-refractivity contribution is 0.327. The van der Waals surface area contributed by atoms with E-state index in [9.17, 15) is 8.42 Å². The Balaban J connectivity index is 1.21. The van der Waals surface area contributed by atoms with Crippen LogP contribution in [0.4, 0.5) is 11.4 Å². The van der Waals surface area contributed by atoms with Crippen LogP contribution in [0.15, 0.2) is 105 Å². The number of nitrogens with one attached hydrogen (secondary N) is 1. The molecule has 4 aromatic carbocycles. The number of nitrogens with zero attached hydrogens (tertiary/aromatic N) is 1. The zero-order valence-electron chi connectivity index (χ0n) is 24.3. The van der Waals surface area contributed by atoms with Gasteiger partial charge in [0.05, 0.1) is 22.8 Å². The van der Waals surface area contributed by atoms with Crippen molar-refractivity contribution >= 4 is 43.6 Å². The van der Waals surface area contributed by atoms with Crippen LogP contribution in [0.3, 0.4) is 0 Å². The van der Waals surface area contributed by atoms with Crippen LogP contribution in [0.5, 0.6) is 11.5 Å². The third kappa shape index (κ3) is 6.12. The largest absolute Gasteiger partial charge is 0.490 e. The van der Waals surface area contributed by atoms with E-state index < -0.39 is 10.1 Å². The summed E-state index contributed by atoms with van der Waals surface area (Å²) in [6.45, 7) is 6.21. The molecule has 43 heavy (non-hydrogen) atoms. The normalized spacial score (nSPS) is 19.1. The van der Waals surface area contributed by atoms with E-state index in [1.807, 2.05) is 26.0 Å². The first kappa shape index (κ1) is 29.2. The minimum Gasteiger partial charge on any atom is -0.490 e. The number of anilines is 1. The van der Waals surface area contributed by atoms with E-state index in [0.29, 0.717) is 28.7 Å². The van der Waals surface area contributed by atoms with E-state index >= 15 is 0 Å². The van der Waals surface area contributed by atoms with Crippen LogP contribution in [-0.4, -0.2) is 21.2 Å². The Bertz CT molecular complexity index is 1820. The lowest BCUT2D eigenvalue weighted by Crippen LogP contribution is -2.29. The Hall–Kier alpha value is -3.88. The molecule has 0 bridgehead atoms. The number of hydrogen-bond acceptors (Lipinski definition) is 6. The number of aryl methyl sites for hydroxylation is 2. The maximum atomic E-state index is 13.0. The fourth-order valence-electron chi connectivity index (χ4n) is 5.83. The van der Waals surface area contributed by atoms with Crippen LogP contribution >= 0.6 is 15.9 Å². The summed E-state index contributed by atoms with van der Waals surface area (Å²) in [5.74, 6) is 1.31. The molecule has 0 saturated carbocycles. The van der Waals surface area contributed by atoms with Gasteiger partial charge in [-0.15, -0.1) is 0 Å². The molecule has 220 valence electrons. The Labute approximate surface area is 261 Å². The molecule has 8 heteroatoms. The Morgan fingerprint density at radius 2 is 1.72 bits per heavy atom. The first-order valence-electron chi connectivity index (χ1n) is 14.4. The van der Waals surface area contributed by atoms with Crippen LogP contribution in [0.2, 0.25) is 0 Å². The first-order valence-corrected chi connectivity index (χ1v) is 16.6. The van der Waals surface area contributed by atoms with Crippen molar-refractivity contribution in [3.63, 3.8) is 0 Å². The minimum atomic E-state index is -4.05. The van der Waals surface area contributed by atoms with Crippen LogP contribution in [-0.2, 0) is 10.1 Å². The number of rotatable bonds is 8. The topological polar surface area (TPSA) is 77.0 Å². The summed E-state index contributed by atoms with van der Waals surface area (Å²) < 4.78 is 37.7. The maximum absolute atomic E-state index is 13.0. The van der Waals surface area contributed by atoms with Gasteiger partial charge in [0.1, 0.15) is 4.90 Å². The third-order valence-corrected chi connectivity index (χ3v) is 9.79. The van der Waals surface area contributed by atoms with Gasteiger partial charge in [0.15, 0.2) is 11.5 Å². The van der Waals surface area contributed by atoms with Crippen LogP contribution in [0, 0.1) is 19.8 Å². The highest BCUT2D eigenvalue weighted by Crippen LogP contribution is 2.50. The highest BCUT2D eigenvalue weighted by molar-refractivity contribution is 9.10. The molecular weight excluding hydrogens is 624 g/mol. The summed E-state index contributed by atoms with van der Waals surface area (Å²) >= 11 is 3.48. The Morgan fingerprint density at radius 3 is 2.47 bits per heavy atom. The van der Waals surface area contributed by atoms with Crippen LogP contribution in [0.1, 0.15) is 53.1 Å². The SMILES string of the molecule is CCOc1cc(C=Nc2ccc([C@@H]3Nc4ccc(C)cc4[C@@H]4C=CC[C@H]43)cc2)cc(Br)c1OS(=O)(=O)c1ccc(C)cc1. The smallest absolute Gasteiger partial charge is 0.339 e. The predicted molar refractivity (Wildman–Crippen MR) is 176 cm³/mol. The Morgan fingerprint density at radius 1 is 0.977 bits per heavy atom. The predicted octanol–water partition coefficient (Wildman–Crippen LogP) is 8.81. The molecule has 2 aliphatic rings. The van der Waals surface area contributed by atoms with Crippen molar-refractivity contribution < 1.29 is 17.3 Å². The lowest BCUT2D eigenvalue weighted by Gasteiger charge is -2.37. The number of allylic oxidation sites excluding steroid dienone is 2. The van der Waals surface area contributed by atoms with Gasteiger partial charge in [-0.25, -0.2) is 0 Å². The lowest BCUT2D eigenvalue weighted by atomic mass is 9.76. The monoisotopic (exact) mass is 656 g/mol. The van der Waals surface area contributed by atoms with Crippen molar-refractivity contribution in [3.05, 3.63) is 123 Å². The second-order valence-electron chi connectivity index (χ2n) is 11.0. The van der Waals surface area contributed by atoms with Crippen molar-refractivity contribution in [2.45, 2.75) is 44.0 Å². The number of hydrogen-bond donors (Lipinski definition) is 1. The molecule has 1 aliphatic heterocycles. The molecule has 6 rings (SSSR count). The van der Waals surface area contributed by atoms with Gasteiger partial charge in [0.25, 0.3) is 0 Å². The third-order valence-electron chi connectivity index (χ3n) is 7.97. The summed E-state index contributed by atoms with van der Waals surface area (Å²) in [4.78, 5) is 4.76. The zero-order valence-corrected chi connectivity index (χ0v) is 26.7. The number of fused-ring (bicyclic) bond motifs is 3. The number of aliphatic imine (C=N–C) groups is 1. The van der Waals surface area contributed by atoms with Crippen LogP contribution < -0.4 is 14.2 Å². The molecule has 1 heterocycles. The summed E-state index contributed by atoms with van der Waals surface area (Å²) in [6.07, 6.45) is 7.45. The average Bonchev–Trinajstić information content (AvgIpc) is 3.49. The fraction of sp³-hybridized carbons (Fsp3) is 0.229. The van der Waals surface area contributed by atoms with Crippen molar-refractivity contribution in [1.29, 1.82) is 0 Å². The summed E-state index contributed by atoms with van der Waals surface area (Å²) in [5.41, 5.74) is 7.63. The maximum Gasteiger partial charge on any atom is 0.339 e. The summed E-state index contributed by atoms with van der Waals surface area (Å²) in [5, 5.41) is 3.80. The number of halogens is 1. The van der Waals surface area contributed by atoms with E-state index in [4.69, 9.17) is 8.92 Å². The summed E-state index contributed by atoms with van der Waals surface area (Å²) in [7, 11) is -4.05. The molecule has 4 aromatic rings. The van der Waals surface area contributed by atoms with Crippen molar-refractivity contribution in [2.75, 3.05) is 11.9 Å². The zero-order chi connectivity index (χ0) is 30.1. The van der Waals surface area contributed by atoms with Gasteiger partial charge >= 0.3 is 10.1 Å². The van der Waals surface area contributed by atoms with E-state index in [1.165, 1.54) is 34.5 Å². The van der Waals surface area contributed by atoms with Gasteiger partial charge in [-0.05, 0) is 108 Å². The quantitative estimate of drug-likeness (QED) is 0.116. The fourth-order valence-corrected chi connectivity index (χ4v) is 7.43. The van der Waals surface area contributed by atoms with Crippen molar-refractivity contribution in [3.8, 4) is 11.5 Å². The highest BCUT2D eigenvalue weighted by Gasteiger charge is 2.37. The molecule has 1 N–H and O–H groups in total. The first-order chi connectivity index (χ1) is 20.7. The second-order valence-corrected chi connectivity index (χ2v) is 13.4. The van der Waals surface area contributed by atoms with Crippen molar-refractivity contribution in [1.82, 2.24) is 0 Å². The highest BCUT2D eigenvalue weighted by atomic mass is 79.9. The molecule has 0 fully saturated rings. The van der Waals surface area contributed by atoms with Gasteiger partial charge in [0, 0.05) is 17.8 Å². The van der Waals surface area contributed by atoms with Gasteiger partial charge in [-0.1, -0.05) is 59.7 Å². The van der Waals surface area contributed by atoms with E-state index in [-0.39, 0.29) is 16.7 Å². The minimum absolute atomic E-state index is 0.0731. The molecule has 0 unspecified atom stereocenters.